The lowest BCUT2D eigenvalue weighted by atomic mass is 10.0. The summed E-state index contributed by atoms with van der Waals surface area (Å²) >= 11 is 3.67. The van der Waals surface area contributed by atoms with E-state index >= 15 is 0 Å². The first kappa shape index (κ1) is 26.6. The molecule has 4 aromatic carbocycles. The summed E-state index contributed by atoms with van der Waals surface area (Å²) in [6.07, 6.45) is 1.57. The van der Waals surface area contributed by atoms with E-state index in [4.69, 9.17) is 14.2 Å². The zero-order chi connectivity index (χ0) is 25.8. The molecule has 0 aromatic heterocycles. The van der Waals surface area contributed by atoms with Gasteiger partial charge in [0, 0.05) is 15.5 Å². The van der Waals surface area contributed by atoms with Gasteiger partial charge in [-0.3, -0.25) is 0 Å². The molecule has 0 fully saturated rings. The predicted molar refractivity (Wildman–Crippen MR) is 157 cm³/mol. The molecule has 5 rings (SSSR count). The van der Waals surface area contributed by atoms with Gasteiger partial charge in [-0.2, -0.15) is 0 Å². The van der Waals surface area contributed by atoms with E-state index in [9.17, 15) is 0 Å². The topological polar surface area (TPSA) is 27.7 Å². The zero-order valence-electron chi connectivity index (χ0n) is 21.2. The molecular weight excluding hydrogens is 508 g/mol. The second-order valence-corrected chi connectivity index (χ2v) is 11.3. The third-order valence-corrected chi connectivity index (χ3v) is 8.71. The summed E-state index contributed by atoms with van der Waals surface area (Å²) in [5.41, 5.74) is 3.52. The van der Waals surface area contributed by atoms with Crippen molar-refractivity contribution in [1.29, 1.82) is 0 Å². The van der Waals surface area contributed by atoms with Crippen LogP contribution in [0.25, 0.3) is 0 Å². The van der Waals surface area contributed by atoms with Crippen molar-refractivity contribution < 1.29 is 14.2 Å². The highest BCUT2D eigenvalue weighted by Gasteiger charge is 2.38. The van der Waals surface area contributed by atoms with Gasteiger partial charge in [-0.15, -0.1) is 23.5 Å². The molecule has 3 atom stereocenters. The average molecular weight is 541 g/mol. The van der Waals surface area contributed by atoms with Crippen LogP contribution in [0.5, 0.6) is 0 Å². The van der Waals surface area contributed by atoms with E-state index in [0.717, 1.165) is 16.9 Å². The van der Waals surface area contributed by atoms with Crippen LogP contribution in [0.1, 0.15) is 11.1 Å². The third kappa shape index (κ3) is 7.78. The number of hydrogen-bond acceptors (Lipinski definition) is 5. The summed E-state index contributed by atoms with van der Waals surface area (Å²) in [6.45, 7) is 1.52. The van der Waals surface area contributed by atoms with Gasteiger partial charge in [0.25, 0.3) is 0 Å². The molecule has 38 heavy (non-hydrogen) atoms. The minimum absolute atomic E-state index is 0.0939. The Kier molecular flexibility index (Phi) is 10.00. The van der Waals surface area contributed by atoms with Gasteiger partial charge in [0.2, 0.25) is 0 Å². The van der Waals surface area contributed by atoms with Crippen molar-refractivity contribution in [3.63, 3.8) is 0 Å². The second kappa shape index (κ2) is 14.3. The molecule has 4 aromatic rings. The van der Waals surface area contributed by atoms with E-state index in [1.807, 2.05) is 54.1 Å². The molecule has 1 heterocycles. The van der Waals surface area contributed by atoms with Crippen LogP contribution < -0.4 is 0 Å². The molecule has 0 radical (unpaired) electrons. The molecule has 0 aliphatic carbocycles. The van der Waals surface area contributed by atoms with Crippen molar-refractivity contribution in [2.24, 2.45) is 0 Å². The first-order chi connectivity index (χ1) is 18.8. The Labute approximate surface area is 234 Å². The Morgan fingerprint density at radius 3 is 1.82 bits per heavy atom. The van der Waals surface area contributed by atoms with Gasteiger partial charge >= 0.3 is 0 Å². The molecule has 0 spiro atoms. The molecule has 194 valence electrons. The lowest BCUT2D eigenvalue weighted by molar-refractivity contribution is -0.0911. The van der Waals surface area contributed by atoms with Crippen LogP contribution in [0, 0.1) is 0 Å². The van der Waals surface area contributed by atoms with Gasteiger partial charge in [0.1, 0.15) is 12.2 Å². The van der Waals surface area contributed by atoms with Gasteiger partial charge in [0.05, 0.1) is 31.3 Å². The quantitative estimate of drug-likeness (QED) is 0.170. The number of thioether (sulfide) groups is 2. The van der Waals surface area contributed by atoms with E-state index in [1.165, 1.54) is 15.4 Å². The number of benzene rings is 4. The number of rotatable bonds is 12. The predicted octanol–water partition coefficient (Wildman–Crippen LogP) is 8.02. The molecular formula is C33H32O3S2. The van der Waals surface area contributed by atoms with Gasteiger partial charge in [-0.1, -0.05) is 97.1 Å². The largest absolute Gasteiger partial charge is 0.493 e. The minimum atomic E-state index is -0.214. The molecule has 0 saturated carbocycles. The molecule has 0 saturated heterocycles. The Balaban J connectivity index is 1.36. The van der Waals surface area contributed by atoms with Crippen LogP contribution in [-0.2, 0) is 27.4 Å². The minimum Gasteiger partial charge on any atom is -0.493 e. The van der Waals surface area contributed by atoms with Crippen LogP contribution in [0.3, 0.4) is 0 Å². The van der Waals surface area contributed by atoms with E-state index in [-0.39, 0.29) is 17.5 Å². The molecule has 0 unspecified atom stereocenters. The first-order valence-corrected chi connectivity index (χ1v) is 14.7. The molecule has 0 amide bonds. The summed E-state index contributed by atoms with van der Waals surface area (Å²) in [5, 5.41) is 0.0939. The van der Waals surface area contributed by atoms with Crippen LogP contribution in [-0.4, -0.2) is 29.8 Å². The number of hydrogen-bond donors (Lipinski definition) is 0. The summed E-state index contributed by atoms with van der Waals surface area (Å²) in [5.74, 6) is 0.831. The van der Waals surface area contributed by atoms with Crippen molar-refractivity contribution in [1.82, 2.24) is 0 Å². The third-order valence-electron chi connectivity index (χ3n) is 6.26. The van der Waals surface area contributed by atoms with Gasteiger partial charge in [0.15, 0.2) is 0 Å². The highest BCUT2D eigenvalue weighted by Crippen LogP contribution is 2.39. The molecule has 5 heteroatoms. The summed E-state index contributed by atoms with van der Waals surface area (Å²) in [6, 6.07) is 41.7. The van der Waals surface area contributed by atoms with Gasteiger partial charge < -0.3 is 14.2 Å². The van der Waals surface area contributed by atoms with Gasteiger partial charge in [-0.25, -0.2) is 0 Å². The Bertz CT molecular complexity index is 1250. The molecule has 1 aliphatic rings. The van der Waals surface area contributed by atoms with Gasteiger partial charge in [-0.05, 0) is 41.0 Å². The van der Waals surface area contributed by atoms with Crippen molar-refractivity contribution >= 4 is 23.5 Å². The summed E-state index contributed by atoms with van der Waals surface area (Å²) in [7, 11) is 0. The fraction of sp³-hybridized carbons (Fsp3) is 0.212. The van der Waals surface area contributed by atoms with Crippen molar-refractivity contribution in [3.8, 4) is 0 Å². The first-order valence-electron chi connectivity index (χ1n) is 12.9. The Morgan fingerprint density at radius 1 is 0.632 bits per heavy atom. The smallest absolute Gasteiger partial charge is 0.148 e. The lowest BCUT2D eigenvalue weighted by Gasteiger charge is -2.38. The van der Waals surface area contributed by atoms with Crippen LogP contribution in [0.4, 0.5) is 0 Å². The monoisotopic (exact) mass is 540 g/mol. The Morgan fingerprint density at radius 2 is 1.18 bits per heavy atom. The fourth-order valence-electron chi connectivity index (χ4n) is 4.28. The van der Waals surface area contributed by atoms with Crippen molar-refractivity contribution in [3.05, 3.63) is 144 Å². The summed E-state index contributed by atoms with van der Waals surface area (Å²) in [4.78, 5) is 2.46. The van der Waals surface area contributed by atoms with E-state index in [0.29, 0.717) is 19.8 Å². The molecule has 0 bridgehead atoms. The van der Waals surface area contributed by atoms with E-state index < -0.39 is 0 Å². The molecule has 0 N–H and O–H groups in total. The lowest BCUT2D eigenvalue weighted by Crippen LogP contribution is -2.46. The highest BCUT2D eigenvalue weighted by atomic mass is 32.2. The standard InChI is InChI=1S/C33H32O3S2/c1-5-13-26(14-6-1)21-34-24-31-32(36-22-27-15-7-2-8-16-27)33(38-30-19-11-4-12-20-30)28(23-35-31)25-37-29-17-9-3-10-18-29/h1-20,23,31-33H,21-22,24-25H2/t31-,32+,33+/m1/s1. The normalized spacial score (nSPS) is 18.9. The Hall–Kier alpha value is -2.96. The van der Waals surface area contributed by atoms with Crippen LogP contribution in [0.2, 0.25) is 0 Å². The molecule has 3 nitrogen and oxygen atoms in total. The average Bonchev–Trinajstić information content (AvgIpc) is 2.98. The second-order valence-electron chi connectivity index (χ2n) is 9.08. The SMILES string of the molecule is C1=C(CSc2ccccc2)[C@H](Sc2ccccc2)[C@@H](OCc2ccccc2)[C@@H](COCc2ccccc2)O1. The van der Waals surface area contributed by atoms with Crippen LogP contribution in [0.15, 0.2) is 143 Å². The van der Waals surface area contributed by atoms with Crippen LogP contribution >= 0.6 is 23.5 Å². The van der Waals surface area contributed by atoms with E-state index in [1.54, 1.807) is 0 Å². The highest BCUT2D eigenvalue weighted by molar-refractivity contribution is 8.01. The maximum Gasteiger partial charge on any atom is 0.148 e. The van der Waals surface area contributed by atoms with E-state index in [2.05, 4.69) is 97.1 Å². The van der Waals surface area contributed by atoms with Crippen molar-refractivity contribution in [2.75, 3.05) is 12.4 Å². The number of ether oxygens (including phenoxy) is 3. The fourth-order valence-corrected chi connectivity index (χ4v) is 6.60. The van der Waals surface area contributed by atoms with Crippen molar-refractivity contribution in [2.45, 2.75) is 40.5 Å². The zero-order valence-corrected chi connectivity index (χ0v) is 22.9. The maximum absolute atomic E-state index is 6.68. The summed E-state index contributed by atoms with van der Waals surface area (Å²) < 4.78 is 19.2. The maximum atomic E-state index is 6.68. The molecule has 1 aliphatic heterocycles.